The maximum Gasteiger partial charge on any atom is 0.229 e. The molecule has 0 atom stereocenters. The van der Waals surface area contributed by atoms with Crippen LogP contribution in [0.4, 0.5) is 23.3 Å². The fraction of sp³-hybridized carbons (Fsp3) is 0. The third kappa shape index (κ3) is 22.8. The zero-order chi connectivity index (χ0) is 64.7. The van der Waals surface area contributed by atoms with Crippen LogP contribution in [0.2, 0.25) is 15.7 Å². The van der Waals surface area contributed by atoms with Crippen LogP contribution in [-0.2, 0) is 27.0 Å². The number of H-pyrrole nitrogens is 1. The van der Waals surface area contributed by atoms with Crippen LogP contribution in [0.1, 0.15) is 1.43 Å². The van der Waals surface area contributed by atoms with Crippen molar-refractivity contribution in [3.05, 3.63) is 297 Å². The van der Waals surface area contributed by atoms with Gasteiger partial charge in [0.25, 0.3) is 0 Å². The van der Waals surface area contributed by atoms with Gasteiger partial charge in [0.1, 0.15) is 51.6 Å². The molecular formula is C63H53Cl3N20NaO6Re-. The molecule has 0 saturated heterocycles. The number of aromatic amines is 1. The maximum atomic E-state index is 11.4. The van der Waals surface area contributed by atoms with Gasteiger partial charge in [-0.3, -0.25) is 29.2 Å². The van der Waals surface area contributed by atoms with Gasteiger partial charge in [0.05, 0.1) is 11.9 Å². The summed E-state index contributed by atoms with van der Waals surface area (Å²) in [6, 6.07) is 54.1. The Bertz CT molecular complexity index is 4590. The molecule has 471 valence electrons. The molecule has 94 heavy (non-hydrogen) atoms. The first kappa shape index (κ1) is 72.7. The van der Waals surface area contributed by atoms with Gasteiger partial charge in [-0.15, -0.1) is 0 Å². The summed E-state index contributed by atoms with van der Waals surface area (Å²) >= 11 is 12.3. The smallest absolute Gasteiger partial charge is 0.229 e. The van der Waals surface area contributed by atoms with E-state index >= 15 is 0 Å². The molecule has 14 aromatic rings. The summed E-state index contributed by atoms with van der Waals surface area (Å²) in [6.45, 7) is 0. The SMILES string of the molecule is Clc1ccnc(Cl)n1.Clc1nccc(-n2ccnc2-c2ccccc2)n1.OO.[CH3-].[H-].[Na+].[O-][n+]1cccc(Nc2nccc(-n3ccnc3-c3ccccc3)n2)c1.[O]=[Re](=[O])=[O].c1ccc(-c2ncc[nH]2)cc1.c1ccc(-c2nccn2-c2ccnc(Nc3cccnc3)n2)cc1. The summed E-state index contributed by atoms with van der Waals surface area (Å²) in [4.78, 5) is 57.3. The summed E-state index contributed by atoms with van der Waals surface area (Å²) in [5, 5.41) is 30.3. The molecule has 10 aromatic heterocycles. The molecule has 5 N–H and O–H groups in total. The Morgan fingerprint density at radius 1 is 0.457 bits per heavy atom. The molecule has 0 unspecified atom stereocenters. The Balaban J connectivity index is 0.000000218. The molecule has 0 radical (unpaired) electrons. The summed E-state index contributed by atoms with van der Waals surface area (Å²) in [5.74, 6) is 6.41. The van der Waals surface area contributed by atoms with Gasteiger partial charge in [-0.05, 0) is 65.7 Å². The summed E-state index contributed by atoms with van der Waals surface area (Å²) in [7, 11) is 0. The van der Waals surface area contributed by atoms with Gasteiger partial charge in [-0.25, -0.2) is 44.9 Å². The van der Waals surface area contributed by atoms with Crippen molar-refractivity contribution in [3.8, 4) is 63.0 Å². The summed E-state index contributed by atoms with van der Waals surface area (Å²) < 4.78 is 32.2. The monoisotopic (exact) mass is 1500 g/mol. The fourth-order valence-electron chi connectivity index (χ4n) is 7.97. The van der Waals surface area contributed by atoms with E-state index < -0.39 is 16.6 Å². The first-order chi connectivity index (χ1) is 45.0. The minimum absolute atomic E-state index is 0. The van der Waals surface area contributed by atoms with E-state index in [1.807, 2.05) is 178 Å². The molecular weight excluding hydrogens is 1450 g/mol. The fourth-order valence-corrected chi connectivity index (χ4v) is 8.44. The predicted molar refractivity (Wildman–Crippen MR) is 346 cm³/mol. The Hall–Kier alpha value is -10.4. The first-order valence-electron chi connectivity index (χ1n) is 26.7. The topological polar surface area (TPSA) is 341 Å². The average Bonchev–Trinajstić information content (AvgIpc) is 1.76. The number of anilines is 4. The molecule has 10 heterocycles. The number of halogens is 3. The number of pyridine rings is 2. The molecule has 0 aliphatic heterocycles. The van der Waals surface area contributed by atoms with Gasteiger partial charge in [0.15, 0.2) is 6.20 Å². The van der Waals surface area contributed by atoms with E-state index in [2.05, 4.69) is 80.4 Å². The van der Waals surface area contributed by atoms with Crippen LogP contribution in [-0.4, -0.2) is 94.0 Å². The van der Waals surface area contributed by atoms with Crippen molar-refractivity contribution in [1.82, 2.24) is 83.5 Å². The van der Waals surface area contributed by atoms with Gasteiger partial charge in [0, 0.05) is 109 Å². The third-order valence-corrected chi connectivity index (χ3v) is 12.3. The second kappa shape index (κ2) is 39.1. The van der Waals surface area contributed by atoms with Gasteiger partial charge >= 0.3 is 56.6 Å². The van der Waals surface area contributed by atoms with Gasteiger partial charge < -0.3 is 29.7 Å². The molecule has 0 aliphatic carbocycles. The molecule has 0 fully saturated rings. The van der Waals surface area contributed by atoms with Crippen LogP contribution in [0.5, 0.6) is 0 Å². The third-order valence-electron chi connectivity index (χ3n) is 11.7. The predicted octanol–water partition coefficient (Wildman–Crippen LogP) is 10.2. The molecule has 31 heteroatoms. The first-order valence-corrected chi connectivity index (χ1v) is 31.2. The zero-order valence-corrected chi connectivity index (χ0v) is 56.5. The number of rotatable bonds is 11. The van der Waals surface area contributed by atoms with E-state index in [0.29, 0.717) is 34.4 Å². The molecule has 0 amide bonds. The number of aromatic nitrogens is 18. The van der Waals surface area contributed by atoms with Crippen LogP contribution in [0.15, 0.2) is 269 Å². The molecule has 0 bridgehead atoms. The maximum absolute atomic E-state index is 11.4. The Morgan fingerprint density at radius 2 is 0.872 bits per heavy atom. The number of hydrogen-bond acceptors (Lipinski definition) is 21. The minimum atomic E-state index is -4.21. The van der Waals surface area contributed by atoms with Crippen molar-refractivity contribution in [2.24, 2.45) is 0 Å². The Morgan fingerprint density at radius 3 is 1.27 bits per heavy atom. The molecule has 0 spiro atoms. The van der Waals surface area contributed by atoms with Gasteiger partial charge in [-0.2, -0.15) is 19.7 Å². The summed E-state index contributed by atoms with van der Waals surface area (Å²) in [5.41, 5.74) is 5.63. The summed E-state index contributed by atoms with van der Waals surface area (Å²) in [6.07, 6.45) is 27.2. The number of benzene rings is 4. The molecule has 0 aliphatic rings. The average molecular weight is 1500 g/mol. The normalized spacial score (nSPS) is 9.76. The van der Waals surface area contributed by atoms with Crippen molar-refractivity contribution in [3.63, 3.8) is 0 Å². The van der Waals surface area contributed by atoms with Crippen LogP contribution >= 0.6 is 34.8 Å². The number of hydrogen-bond donors (Lipinski definition) is 5. The quantitative estimate of drug-likeness (QED) is 0.0117. The Labute approximate surface area is 581 Å². The number of nitrogens with one attached hydrogen (secondary N) is 3. The van der Waals surface area contributed by atoms with Crippen LogP contribution in [0.3, 0.4) is 0 Å². The van der Waals surface area contributed by atoms with Crippen molar-refractivity contribution in [2.75, 3.05) is 10.6 Å². The Kier molecular flexibility index (Phi) is 30.2. The van der Waals surface area contributed by atoms with Gasteiger partial charge in [-0.1, -0.05) is 133 Å². The van der Waals surface area contributed by atoms with Crippen molar-refractivity contribution in [2.45, 2.75) is 0 Å². The standard InChI is InChI=1S/C18H14N6O.C18H14N6.C13H9ClN4.C9H8N2.C4H2Cl2N2.CH3.Na.H2O2.3O.Re.H/c25-23-11-4-7-15(13-23)21-18-20-9-8-16(22-18)24-12-10-19-17(24)14-5-2-1-3-6-14;1-2-5-14(6-3-1)17-20-11-12-24(17)16-8-10-21-18(23-16)22-15-7-4-9-19-13-15;14-13-16-7-6-11(17-13)18-9-8-15-12(18)10-4-2-1-3-5-10;1-2-4-8(5-3-1)9-10-6-7-11-9;5-3-1-2-7-4(6)8-3;;;1-2;;;;;/h1-13H,(H,20,21,22);1-13H,(H,21,22,23);1-9H;1-7H,(H,10,11);1-2H;1H3;;1-2H;;;;;/q;;;;;-1;+1;;;;;;-1. The minimum Gasteiger partial charge on any atom is -0.345 e. The van der Waals surface area contributed by atoms with Crippen LogP contribution in [0, 0.1) is 12.6 Å². The van der Waals surface area contributed by atoms with E-state index in [4.69, 9.17) is 55.7 Å². The van der Waals surface area contributed by atoms with Crippen LogP contribution in [0.25, 0.3) is 63.0 Å². The van der Waals surface area contributed by atoms with Crippen molar-refractivity contribution >= 4 is 58.1 Å². The van der Waals surface area contributed by atoms with E-state index in [0.717, 1.165) is 61.8 Å². The van der Waals surface area contributed by atoms with E-state index in [1.54, 1.807) is 86.1 Å². The second-order valence-electron chi connectivity index (χ2n) is 17.7. The van der Waals surface area contributed by atoms with E-state index in [1.165, 1.54) is 18.6 Å². The molecule has 14 rings (SSSR count). The number of nitrogens with zero attached hydrogens (tertiary/aromatic N) is 17. The number of imidazole rings is 4. The largest absolute Gasteiger partial charge is 0.345 e. The van der Waals surface area contributed by atoms with E-state index in [9.17, 15) is 5.21 Å². The van der Waals surface area contributed by atoms with Crippen molar-refractivity contribution < 1.29 is 73.3 Å². The molecule has 0 saturated carbocycles. The van der Waals surface area contributed by atoms with E-state index in [-0.39, 0.29) is 49.0 Å². The molecule has 4 aromatic carbocycles. The van der Waals surface area contributed by atoms with Crippen molar-refractivity contribution in [1.29, 1.82) is 0 Å². The van der Waals surface area contributed by atoms with Gasteiger partial charge in [0.2, 0.25) is 28.7 Å². The molecule has 26 nitrogen and oxygen atoms in total. The van der Waals surface area contributed by atoms with Crippen LogP contribution < -0.4 is 44.9 Å². The second-order valence-corrected chi connectivity index (χ2v) is 20.1. The zero-order valence-electron chi connectivity index (χ0n) is 50.5.